The second-order valence-electron chi connectivity index (χ2n) is 9.52. The monoisotopic (exact) mass is 527 g/mol. The van der Waals surface area contributed by atoms with Crippen molar-refractivity contribution in [1.29, 1.82) is 0 Å². The molecule has 1 aliphatic heterocycles. The zero-order valence-electron chi connectivity index (χ0n) is 18.7. The molecule has 0 radical (unpaired) electrons. The van der Waals surface area contributed by atoms with Crippen LogP contribution in [0.2, 0.25) is 0 Å². The zero-order valence-corrected chi connectivity index (χ0v) is 21.0. The number of rotatable bonds is 5. The Kier molecular flexibility index (Phi) is 9.40. The number of carbonyl (C=O) groups is 1. The van der Waals surface area contributed by atoms with Gasteiger partial charge in [0.15, 0.2) is 5.96 Å². The van der Waals surface area contributed by atoms with Gasteiger partial charge in [0, 0.05) is 17.8 Å². The molecule has 0 unspecified atom stereocenters. The number of hydrogen-bond donors (Lipinski definition) is 3. The number of benzene rings is 1. The van der Waals surface area contributed by atoms with E-state index in [1.54, 1.807) is 0 Å². The molecule has 0 saturated carbocycles. The molecule has 0 aromatic heterocycles. The van der Waals surface area contributed by atoms with Crippen LogP contribution in [0.1, 0.15) is 57.6 Å². The summed E-state index contributed by atoms with van der Waals surface area (Å²) in [7, 11) is 0. The molecule has 30 heavy (non-hydrogen) atoms. The number of halogens is 1. The van der Waals surface area contributed by atoms with E-state index in [1.807, 2.05) is 20.8 Å². The van der Waals surface area contributed by atoms with Crippen molar-refractivity contribution in [3.05, 3.63) is 29.3 Å². The van der Waals surface area contributed by atoms with Crippen LogP contribution in [0.15, 0.2) is 23.2 Å². The van der Waals surface area contributed by atoms with Crippen LogP contribution >= 0.6 is 24.0 Å². The molecule has 1 amide bonds. The Balaban J connectivity index is 0.00000320. The highest BCUT2D eigenvalue weighted by molar-refractivity contribution is 14.0. The Morgan fingerprint density at radius 2 is 1.90 bits per heavy atom. The van der Waals surface area contributed by atoms with Gasteiger partial charge in [-0.15, -0.1) is 24.0 Å². The van der Waals surface area contributed by atoms with Crippen molar-refractivity contribution < 1.29 is 4.79 Å². The summed E-state index contributed by atoms with van der Waals surface area (Å²) >= 11 is 0. The molecule has 6 nitrogen and oxygen atoms in total. The lowest BCUT2D eigenvalue weighted by Gasteiger charge is -2.31. The van der Waals surface area contributed by atoms with Gasteiger partial charge in [-0.2, -0.15) is 0 Å². The van der Waals surface area contributed by atoms with Crippen molar-refractivity contribution in [1.82, 2.24) is 10.2 Å². The number of nitrogens with one attached hydrogen (secondary N) is 2. The summed E-state index contributed by atoms with van der Waals surface area (Å²) in [6.45, 7) is 9.15. The normalized spacial score (nSPS) is 18.3. The number of fused-ring (bicyclic) bond motifs is 1. The third-order valence-corrected chi connectivity index (χ3v) is 5.77. The number of guanidine groups is 1. The number of aliphatic imine (C=N–C) groups is 1. The maximum absolute atomic E-state index is 12.1. The average molecular weight is 527 g/mol. The molecule has 0 bridgehead atoms. The van der Waals surface area contributed by atoms with Crippen LogP contribution in [0.5, 0.6) is 0 Å². The number of anilines is 1. The minimum atomic E-state index is -0.174. The smallest absolute Gasteiger partial charge is 0.234 e. The van der Waals surface area contributed by atoms with Crippen LogP contribution in [0.4, 0.5) is 5.69 Å². The van der Waals surface area contributed by atoms with Crippen LogP contribution in [-0.4, -0.2) is 48.5 Å². The van der Waals surface area contributed by atoms with E-state index in [9.17, 15) is 4.79 Å². The molecule has 1 fully saturated rings. The molecular weight excluding hydrogens is 489 g/mol. The van der Waals surface area contributed by atoms with E-state index in [1.165, 1.54) is 24.0 Å². The SMILES string of the molecule is CC(C)(C)NC(=O)CN1CCC(CN=C(N)Nc2cccc3c2CCCC3)CC1.I. The molecule has 0 spiro atoms. The first-order valence-corrected chi connectivity index (χ1v) is 11.0. The molecule has 0 atom stereocenters. The largest absolute Gasteiger partial charge is 0.370 e. The highest BCUT2D eigenvalue weighted by Gasteiger charge is 2.22. The first-order chi connectivity index (χ1) is 13.8. The molecule has 1 aromatic rings. The summed E-state index contributed by atoms with van der Waals surface area (Å²) in [6, 6.07) is 6.43. The second-order valence-corrected chi connectivity index (χ2v) is 9.52. The number of amides is 1. The van der Waals surface area contributed by atoms with Crippen LogP contribution in [0, 0.1) is 5.92 Å². The molecule has 168 valence electrons. The molecule has 2 aliphatic rings. The van der Waals surface area contributed by atoms with Gasteiger partial charge in [0.05, 0.1) is 6.54 Å². The summed E-state index contributed by atoms with van der Waals surface area (Å²) in [5.41, 5.74) is 9.97. The van der Waals surface area contributed by atoms with Gasteiger partial charge in [-0.1, -0.05) is 12.1 Å². The standard InChI is InChI=1S/C23H37N5O.HI/c1-23(2,3)27-21(29)16-28-13-11-17(12-14-28)15-25-22(24)26-20-10-6-8-18-7-4-5-9-19(18)20;/h6,8,10,17H,4-5,7,9,11-16H2,1-3H3,(H,27,29)(H3,24,25,26);1H. The first-order valence-electron chi connectivity index (χ1n) is 11.0. The van der Waals surface area contributed by atoms with E-state index in [4.69, 9.17) is 5.73 Å². The zero-order chi connectivity index (χ0) is 20.9. The molecule has 4 N–H and O–H groups in total. The number of likely N-dealkylation sites (tertiary alicyclic amines) is 1. The summed E-state index contributed by atoms with van der Waals surface area (Å²) in [5, 5.41) is 6.37. The van der Waals surface area contributed by atoms with Gasteiger partial charge in [0.2, 0.25) is 5.91 Å². The van der Waals surface area contributed by atoms with Gasteiger partial charge in [-0.3, -0.25) is 14.7 Å². The van der Waals surface area contributed by atoms with Gasteiger partial charge in [0.1, 0.15) is 0 Å². The highest BCUT2D eigenvalue weighted by atomic mass is 127. The average Bonchev–Trinajstić information content (AvgIpc) is 2.66. The van der Waals surface area contributed by atoms with Crippen molar-refractivity contribution in [3.8, 4) is 0 Å². The van der Waals surface area contributed by atoms with Crippen molar-refractivity contribution >= 4 is 41.5 Å². The highest BCUT2D eigenvalue weighted by Crippen LogP contribution is 2.27. The Hall–Kier alpha value is -1.35. The first kappa shape index (κ1) is 24.9. The summed E-state index contributed by atoms with van der Waals surface area (Å²) in [6.07, 6.45) is 6.91. The number of hydrogen-bond acceptors (Lipinski definition) is 3. The van der Waals surface area contributed by atoms with Gasteiger partial charge < -0.3 is 16.4 Å². The fraction of sp³-hybridized carbons (Fsp3) is 0.652. The van der Waals surface area contributed by atoms with Crippen molar-refractivity contribution in [2.45, 2.75) is 64.8 Å². The maximum Gasteiger partial charge on any atom is 0.234 e. The lowest BCUT2D eigenvalue weighted by molar-refractivity contribution is -0.124. The number of piperidine rings is 1. The molecule has 1 aromatic carbocycles. The predicted octanol–water partition coefficient (Wildman–Crippen LogP) is 3.54. The lowest BCUT2D eigenvalue weighted by Crippen LogP contribution is -2.47. The maximum atomic E-state index is 12.1. The number of nitrogens with zero attached hydrogens (tertiary/aromatic N) is 2. The van der Waals surface area contributed by atoms with Crippen molar-refractivity contribution in [3.63, 3.8) is 0 Å². The molecule has 7 heteroatoms. The van der Waals surface area contributed by atoms with Gasteiger partial charge >= 0.3 is 0 Å². The van der Waals surface area contributed by atoms with E-state index < -0.39 is 0 Å². The van der Waals surface area contributed by atoms with E-state index >= 15 is 0 Å². The third kappa shape index (κ3) is 7.72. The van der Waals surface area contributed by atoms with Crippen molar-refractivity contribution in [2.24, 2.45) is 16.6 Å². The summed E-state index contributed by atoms with van der Waals surface area (Å²) in [4.78, 5) is 18.9. The van der Waals surface area contributed by atoms with Gasteiger partial charge in [0.25, 0.3) is 0 Å². The second kappa shape index (κ2) is 11.3. The Morgan fingerprint density at radius 1 is 1.20 bits per heavy atom. The van der Waals surface area contributed by atoms with Crippen LogP contribution in [0.25, 0.3) is 0 Å². The van der Waals surface area contributed by atoms with Crippen LogP contribution < -0.4 is 16.4 Å². The van der Waals surface area contributed by atoms with Gasteiger partial charge in [-0.05, 0) is 95.5 Å². The molecule has 1 heterocycles. The van der Waals surface area contributed by atoms with Crippen molar-refractivity contribution in [2.75, 3.05) is 31.5 Å². The fourth-order valence-electron chi connectivity index (χ4n) is 4.29. The Morgan fingerprint density at radius 3 is 2.60 bits per heavy atom. The topological polar surface area (TPSA) is 82.8 Å². The van der Waals surface area contributed by atoms with E-state index in [0.717, 1.165) is 51.0 Å². The number of nitrogens with two attached hydrogens (primary N) is 1. The Labute approximate surface area is 198 Å². The predicted molar refractivity (Wildman–Crippen MR) is 136 cm³/mol. The Bertz CT molecular complexity index is 736. The number of carbonyl (C=O) groups excluding carboxylic acids is 1. The lowest BCUT2D eigenvalue weighted by atomic mass is 9.90. The molecule has 1 saturated heterocycles. The summed E-state index contributed by atoms with van der Waals surface area (Å²) in [5.74, 6) is 1.14. The fourth-order valence-corrected chi connectivity index (χ4v) is 4.29. The van der Waals surface area contributed by atoms with E-state index in [0.29, 0.717) is 18.4 Å². The van der Waals surface area contributed by atoms with Crippen LogP contribution in [-0.2, 0) is 17.6 Å². The molecule has 1 aliphatic carbocycles. The summed E-state index contributed by atoms with van der Waals surface area (Å²) < 4.78 is 0. The quantitative estimate of drug-likeness (QED) is 0.311. The minimum absolute atomic E-state index is 0. The minimum Gasteiger partial charge on any atom is -0.370 e. The van der Waals surface area contributed by atoms with Gasteiger partial charge in [-0.25, -0.2) is 0 Å². The molecular formula is C23H38IN5O. The molecule has 3 rings (SSSR count). The third-order valence-electron chi connectivity index (χ3n) is 5.77. The number of aryl methyl sites for hydroxylation is 1. The van der Waals surface area contributed by atoms with E-state index in [2.05, 4.69) is 38.7 Å². The van der Waals surface area contributed by atoms with E-state index in [-0.39, 0.29) is 35.4 Å². The van der Waals surface area contributed by atoms with Crippen LogP contribution in [0.3, 0.4) is 0 Å².